The molecular weight excluding hydrogens is 196 g/mol. The van der Waals surface area contributed by atoms with E-state index in [-0.39, 0.29) is 5.69 Å². The third-order valence-electron chi connectivity index (χ3n) is 1.77. The van der Waals surface area contributed by atoms with Crippen LogP contribution in [0.1, 0.15) is 23.1 Å². The average molecular weight is 210 g/mol. The lowest BCUT2D eigenvalue weighted by atomic mass is 10.3. The number of aliphatic hydroxyl groups excluding tert-OH is 1. The Morgan fingerprint density at radius 1 is 1.60 bits per heavy atom. The fourth-order valence-corrected chi connectivity index (χ4v) is 1.11. The van der Waals surface area contributed by atoms with Gasteiger partial charge in [-0.1, -0.05) is 6.07 Å². The minimum Gasteiger partial charge on any atom is -0.477 e. The van der Waals surface area contributed by atoms with Crippen molar-refractivity contribution < 1.29 is 15.0 Å². The highest BCUT2D eigenvalue weighted by Gasteiger charge is 2.04. The van der Waals surface area contributed by atoms with Crippen molar-refractivity contribution in [1.29, 1.82) is 0 Å². The van der Waals surface area contributed by atoms with Crippen molar-refractivity contribution >= 4 is 5.97 Å². The molecule has 15 heavy (non-hydrogen) atoms. The summed E-state index contributed by atoms with van der Waals surface area (Å²) in [6.45, 7) is 2.58. The van der Waals surface area contributed by atoms with Gasteiger partial charge in [0.15, 0.2) is 0 Å². The highest BCUT2D eigenvalue weighted by atomic mass is 16.4. The van der Waals surface area contributed by atoms with Gasteiger partial charge in [-0.05, 0) is 19.1 Å². The molecule has 1 aromatic rings. The highest BCUT2D eigenvalue weighted by Crippen LogP contribution is 1.99. The smallest absolute Gasteiger partial charge is 0.354 e. The van der Waals surface area contributed by atoms with Gasteiger partial charge in [0.05, 0.1) is 11.8 Å². The van der Waals surface area contributed by atoms with Gasteiger partial charge in [0.2, 0.25) is 0 Å². The van der Waals surface area contributed by atoms with Gasteiger partial charge < -0.3 is 15.5 Å². The minimum atomic E-state index is -1.03. The lowest BCUT2D eigenvalue weighted by Gasteiger charge is -2.06. The molecule has 82 valence electrons. The number of carboxylic acid groups (broad SMARTS) is 1. The van der Waals surface area contributed by atoms with Crippen molar-refractivity contribution in [3.63, 3.8) is 0 Å². The summed E-state index contributed by atoms with van der Waals surface area (Å²) in [5.74, 6) is -1.03. The molecule has 0 spiro atoms. The van der Waals surface area contributed by atoms with Gasteiger partial charge in [-0.15, -0.1) is 0 Å². The highest BCUT2D eigenvalue weighted by molar-refractivity contribution is 5.85. The third-order valence-corrected chi connectivity index (χ3v) is 1.77. The largest absolute Gasteiger partial charge is 0.477 e. The number of aliphatic hydroxyl groups is 1. The topological polar surface area (TPSA) is 82.5 Å². The lowest BCUT2D eigenvalue weighted by molar-refractivity contribution is 0.0690. The van der Waals surface area contributed by atoms with Crippen molar-refractivity contribution in [2.45, 2.75) is 19.6 Å². The van der Waals surface area contributed by atoms with Crippen molar-refractivity contribution in [2.24, 2.45) is 0 Å². The van der Waals surface area contributed by atoms with E-state index >= 15 is 0 Å². The summed E-state index contributed by atoms with van der Waals surface area (Å²) in [6, 6.07) is 4.83. The number of nitrogens with one attached hydrogen (secondary N) is 1. The molecule has 0 aliphatic rings. The molecule has 0 aliphatic heterocycles. The van der Waals surface area contributed by atoms with Gasteiger partial charge in [0.25, 0.3) is 0 Å². The van der Waals surface area contributed by atoms with Gasteiger partial charge in [-0.3, -0.25) is 0 Å². The first-order valence-electron chi connectivity index (χ1n) is 4.67. The number of rotatable bonds is 5. The summed E-state index contributed by atoms with van der Waals surface area (Å²) in [7, 11) is 0. The van der Waals surface area contributed by atoms with Gasteiger partial charge >= 0.3 is 5.97 Å². The van der Waals surface area contributed by atoms with Gasteiger partial charge in [0.1, 0.15) is 5.69 Å². The van der Waals surface area contributed by atoms with Crippen LogP contribution in [-0.4, -0.2) is 33.8 Å². The summed E-state index contributed by atoms with van der Waals surface area (Å²) < 4.78 is 0. The fraction of sp³-hybridized carbons (Fsp3) is 0.400. The monoisotopic (exact) mass is 210 g/mol. The standard InChI is InChI=1S/C10H14N2O3/c1-7(13)5-11-6-8-3-2-4-9(12-8)10(14)15/h2-4,7,11,13H,5-6H2,1H3,(H,14,15). The zero-order valence-electron chi connectivity index (χ0n) is 8.47. The van der Waals surface area contributed by atoms with Crippen LogP contribution in [0.15, 0.2) is 18.2 Å². The molecule has 1 rings (SSSR count). The molecule has 1 atom stereocenters. The van der Waals surface area contributed by atoms with Crippen LogP contribution in [-0.2, 0) is 6.54 Å². The molecule has 0 radical (unpaired) electrons. The maximum atomic E-state index is 10.6. The van der Waals surface area contributed by atoms with Gasteiger partial charge in [-0.25, -0.2) is 9.78 Å². The van der Waals surface area contributed by atoms with E-state index in [0.29, 0.717) is 18.8 Å². The summed E-state index contributed by atoms with van der Waals surface area (Å²) in [5, 5.41) is 20.7. The summed E-state index contributed by atoms with van der Waals surface area (Å²) in [5.41, 5.74) is 0.682. The molecule has 1 aromatic heterocycles. The normalized spacial score (nSPS) is 12.4. The van der Waals surface area contributed by atoms with E-state index in [4.69, 9.17) is 10.2 Å². The zero-order valence-corrected chi connectivity index (χ0v) is 8.47. The fourth-order valence-electron chi connectivity index (χ4n) is 1.11. The Hall–Kier alpha value is -1.46. The minimum absolute atomic E-state index is 0.0337. The maximum Gasteiger partial charge on any atom is 0.354 e. The number of aromatic carboxylic acids is 1. The van der Waals surface area contributed by atoms with E-state index in [2.05, 4.69) is 10.3 Å². The predicted octanol–water partition coefficient (Wildman–Crippen LogP) is 0.250. The summed E-state index contributed by atoms with van der Waals surface area (Å²) in [6.07, 6.45) is -0.423. The number of hydrogen-bond donors (Lipinski definition) is 3. The Bertz CT molecular complexity index is 339. The van der Waals surface area contributed by atoms with Crippen LogP contribution in [0.4, 0.5) is 0 Å². The van der Waals surface area contributed by atoms with E-state index in [9.17, 15) is 4.79 Å². The Kier molecular flexibility index (Phi) is 4.20. The van der Waals surface area contributed by atoms with Crippen molar-refractivity contribution in [3.05, 3.63) is 29.6 Å². The first kappa shape index (κ1) is 11.6. The molecule has 3 N–H and O–H groups in total. The molecule has 5 heteroatoms. The summed E-state index contributed by atoms with van der Waals surface area (Å²) in [4.78, 5) is 14.5. The van der Waals surface area contributed by atoms with Crippen LogP contribution in [0.25, 0.3) is 0 Å². The predicted molar refractivity (Wildman–Crippen MR) is 54.6 cm³/mol. The third kappa shape index (κ3) is 4.05. The molecule has 1 heterocycles. The second-order valence-corrected chi connectivity index (χ2v) is 3.30. The quantitative estimate of drug-likeness (QED) is 0.649. The van der Waals surface area contributed by atoms with Crippen LogP contribution >= 0.6 is 0 Å². The summed E-state index contributed by atoms with van der Waals surface area (Å²) >= 11 is 0. The van der Waals surface area contributed by atoms with E-state index < -0.39 is 12.1 Å². The Morgan fingerprint density at radius 2 is 2.33 bits per heavy atom. The average Bonchev–Trinajstić information content (AvgIpc) is 2.17. The molecule has 1 unspecified atom stereocenters. The first-order chi connectivity index (χ1) is 7.09. The van der Waals surface area contributed by atoms with Crippen LogP contribution in [0.2, 0.25) is 0 Å². The van der Waals surface area contributed by atoms with Crippen LogP contribution < -0.4 is 5.32 Å². The second-order valence-electron chi connectivity index (χ2n) is 3.30. The first-order valence-corrected chi connectivity index (χ1v) is 4.67. The van der Waals surface area contributed by atoms with Crippen LogP contribution in [0, 0.1) is 0 Å². The number of carboxylic acids is 1. The number of carbonyl (C=O) groups is 1. The SMILES string of the molecule is CC(O)CNCc1cccc(C(=O)O)n1. The van der Waals surface area contributed by atoms with Crippen molar-refractivity contribution in [2.75, 3.05) is 6.54 Å². The number of hydrogen-bond acceptors (Lipinski definition) is 4. The molecule has 0 amide bonds. The Morgan fingerprint density at radius 3 is 2.93 bits per heavy atom. The molecule has 0 saturated heterocycles. The van der Waals surface area contributed by atoms with E-state index in [0.717, 1.165) is 0 Å². The number of nitrogens with zero attached hydrogens (tertiary/aromatic N) is 1. The molecule has 0 saturated carbocycles. The van der Waals surface area contributed by atoms with E-state index in [1.165, 1.54) is 6.07 Å². The molecule has 0 bridgehead atoms. The van der Waals surface area contributed by atoms with Crippen LogP contribution in [0.5, 0.6) is 0 Å². The Labute approximate surface area is 87.8 Å². The molecule has 0 aromatic carbocycles. The number of pyridine rings is 1. The number of aromatic nitrogens is 1. The zero-order chi connectivity index (χ0) is 11.3. The maximum absolute atomic E-state index is 10.6. The lowest BCUT2D eigenvalue weighted by Crippen LogP contribution is -2.24. The van der Waals surface area contributed by atoms with E-state index in [1.54, 1.807) is 19.1 Å². The van der Waals surface area contributed by atoms with Crippen molar-refractivity contribution in [1.82, 2.24) is 10.3 Å². The van der Waals surface area contributed by atoms with Crippen LogP contribution in [0.3, 0.4) is 0 Å². The molecule has 0 fully saturated rings. The van der Waals surface area contributed by atoms with Crippen molar-refractivity contribution in [3.8, 4) is 0 Å². The second kappa shape index (κ2) is 5.43. The van der Waals surface area contributed by atoms with Gasteiger partial charge in [-0.2, -0.15) is 0 Å². The molecule has 0 aliphatic carbocycles. The van der Waals surface area contributed by atoms with E-state index in [1.807, 2.05) is 0 Å². The van der Waals surface area contributed by atoms with Gasteiger partial charge in [0, 0.05) is 13.1 Å². The molecular formula is C10H14N2O3. The Balaban J connectivity index is 2.54. The molecule has 5 nitrogen and oxygen atoms in total.